The number of aryl methyl sites for hydroxylation is 1. The molecule has 0 aliphatic rings. The molecule has 0 saturated carbocycles. The third-order valence-corrected chi connectivity index (χ3v) is 2.93. The third kappa shape index (κ3) is 3.04. The van der Waals surface area contributed by atoms with Gasteiger partial charge in [0.15, 0.2) is 0 Å². The molecule has 0 saturated heterocycles. The van der Waals surface area contributed by atoms with Crippen molar-refractivity contribution in [2.75, 3.05) is 0 Å². The van der Waals surface area contributed by atoms with Gasteiger partial charge >= 0.3 is 0 Å². The van der Waals surface area contributed by atoms with Gasteiger partial charge in [0.25, 0.3) is 0 Å². The van der Waals surface area contributed by atoms with Crippen LogP contribution in [0, 0.1) is 6.92 Å². The lowest BCUT2D eigenvalue weighted by Gasteiger charge is -2.11. The van der Waals surface area contributed by atoms with Gasteiger partial charge in [-0.2, -0.15) is 0 Å². The third-order valence-electron chi connectivity index (χ3n) is 2.93. The summed E-state index contributed by atoms with van der Waals surface area (Å²) < 4.78 is 0. The van der Waals surface area contributed by atoms with Crippen LogP contribution in [0.2, 0.25) is 0 Å². The van der Waals surface area contributed by atoms with E-state index in [9.17, 15) is 4.79 Å². The van der Waals surface area contributed by atoms with E-state index < -0.39 is 0 Å². The van der Waals surface area contributed by atoms with Gasteiger partial charge in [-0.25, -0.2) is 0 Å². The molecule has 2 aromatic carbocycles. The monoisotopic (exact) mass is 224 g/mol. The van der Waals surface area contributed by atoms with E-state index in [0.717, 1.165) is 18.3 Å². The molecule has 1 unspecified atom stereocenters. The molecule has 0 heterocycles. The van der Waals surface area contributed by atoms with Crippen LogP contribution >= 0.6 is 0 Å². The fourth-order valence-corrected chi connectivity index (χ4v) is 2.01. The Hall–Kier alpha value is -1.89. The molecule has 2 aromatic rings. The van der Waals surface area contributed by atoms with Crippen molar-refractivity contribution in [2.24, 2.45) is 0 Å². The molecule has 0 aliphatic heterocycles. The van der Waals surface area contributed by atoms with Gasteiger partial charge in [0, 0.05) is 5.92 Å². The van der Waals surface area contributed by atoms with Crippen molar-refractivity contribution in [1.82, 2.24) is 0 Å². The zero-order valence-electron chi connectivity index (χ0n) is 9.97. The second-order valence-corrected chi connectivity index (χ2v) is 4.35. The van der Waals surface area contributed by atoms with Gasteiger partial charge in [0.1, 0.15) is 6.29 Å². The molecule has 0 bridgehead atoms. The van der Waals surface area contributed by atoms with E-state index in [1.54, 1.807) is 0 Å². The highest BCUT2D eigenvalue weighted by atomic mass is 16.1. The predicted octanol–water partition coefficient (Wildman–Crippen LogP) is 3.52. The Balaban J connectivity index is 2.20. The SMILES string of the molecule is Cc1cccc(C(C=O)Cc2ccccc2)c1. The summed E-state index contributed by atoms with van der Waals surface area (Å²) in [5.41, 5.74) is 3.50. The lowest BCUT2D eigenvalue weighted by Crippen LogP contribution is -2.04. The Morgan fingerprint density at radius 1 is 1.06 bits per heavy atom. The number of rotatable bonds is 4. The summed E-state index contributed by atoms with van der Waals surface area (Å²) in [6.45, 7) is 2.05. The molecule has 1 nitrogen and oxygen atoms in total. The standard InChI is InChI=1S/C16H16O/c1-13-6-5-9-15(10-13)16(12-17)11-14-7-3-2-4-8-14/h2-10,12,16H,11H2,1H3. The van der Waals surface area contributed by atoms with Crippen LogP contribution in [0.1, 0.15) is 22.6 Å². The molecule has 1 heteroatoms. The van der Waals surface area contributed by atoms with Gasteiger partial charge in [-0.1, -0.05) is 60.2 Å². The Morgan fingerprint density at radius 2 is 1.82 bits per heavy atom. The molecule has 86 valence electrons. The molecule has 2 rings (SSSR count). The van der Waals surface area contributed by atoms with Gasteiger partial charge < -0.3 is 4.79 Å². The smallest absolute Gasteiger partial charge is 0.127 e. The summed E-state index contributed by atoms with van der Waals surface area (Å²) in [6, 6.07) is 18.3. The van der Waals surface area contributed by atoms with Crippen molar-refractivity contribution in [3.63, 3.8) is 0 Å². The summed E-state index contributed by atoms with van der Waals surface area (Å²) in [5.74, 6) is -0.0442. The first-order valence-corrected chi connectivity index (χ1v) is 5.85. The average molecular weight is 224 g/mol. The summed E-state index contributed by atoms with van der Waals surface area (Å²) in [5, 5.41) is 0. The van der Waals surface area contributed by atoms with Gasteiger partial charge in [-0.15, -0.1) is 0 Å². The van der Waals surface area contributed by atoms with Crippen molar-refractivity contribution >= 4 is 6.29 Å². The van der Waals surface area contributed by atoms with Crippen LogP contribution in [-0.2, 0) is 11.2 Å². The van der Waals surface area contributed by atoms with Crippen LogP contribution in [0.4, 0.5) is 0 Å². The maximum absolute atomic E-state index is 11.2. The summed E-state index contributed by atoms with van der Waals surface area (Å²) in [6.07, 6.45) is 1.82. The zero-order valence-corrected chi connectivity index (χ0v) is 9.97. The highest BCUT2D eigenvalue weighted by molar-refractivity contribution is 5.63. The van der Waals surface area contributed by atoms with Crippen LogP contribution in [-0.4, -0.2) is 6.29 Å². The first kappa shape index (κ1) is 11.6. The van der Waals surface area contributed by atoms with E-state index in [4.69, 9.17) is 0 Å². The van der Waals surface area contributed by atoms with Crippen molar-refractivity contribution in [1.29, 1.82) is 0 Å². The molecule has 0 aliphatic carbocycles. The molecule has 0 spiro atoms. The van der Waals surface area contributed by atoms with E-state index in [0.29, 0.717) is 0 Å². The zero-order chi connectivity index (χ0) is 12.1. The van der Waals surface area contributed by atoms with Gasteiger partial charge in [-0.05, 0) is 24.5 Å². The molecule has 17 heavy (non-hydrogen) atoms. The van der Waals surface area contributed by atoms with E-state index in [2.05, 4.69) is 18.2 Å². The fourth-order valence-electron chi connectivity index (χ4n) is 2.01. The summed E-state index contributed by atoms with van der Waals surface area (Å²) >= 11 is 0. The van der Waals surface area contributed by atoms with Crippen molar-refractivity contribution < 1.29 is 4.79 Å². The minimum Gasteiger partial charge on any atom is -0.303 e. The molecular formula is C16H16O. The fraction of sp³-hybridized carbons (Fsp3) is 0.188. The molecule has 0 radical (unpaired) electrons. The lowest BCUT2D eigenvalue weighted by atomic mass is 9.92. The second-order valence-electron chi connectivity index (χ2n) is 4.35. The van der Waals surface area contributed by atoms with Crippen molar-refractivity contribution in [3.8, 4) is 0 Å². The Labute approximate surface area is 102 Å². The Kier molecular flexibility index (Phi) is 3.71. The molecular weight excluding hydrogens is 208 g/mol. The van der Waals surface area contributed by atoms with Crippen molar-refractivity contribution in [3.05, 3.63) is 71.3 Å². The number of hydrogen-bond donors (Lipinski definition) is 0. The van der Waals surface area contributed by atoms with E-state index in [1.165, 1.54) is 11.1 Å². The van der Waals surface area contributed by atoms with Gasteiger partial charge in [-0.3, -0.25) is 0 Å². The van der Waals surface area contributed by atoms with E-state index in [1.807, 2.05) is 43.3 Å². The molecule has 0 fully saturated rings. The molecule has 0 aromatic heterocycles. The maximum atomic E-state index is 11.2. The minimum absolute atomic E-state index is 0.0442. The second kappa shape index (κ2) is 5.44. The highest BCUT2D eigenvalue weighted by Gasteiger charge is 2.10. The normalized spacial score (nSPS) is 12.1. The lowest BCUT2D eigenvalue weighted by molar-refractivity contribution is -0.109. The average Bonchev–Trinajstić information content (AvgIpc) is 2.37. The summed E-state index contributed by atoms with van der Waals surface area (Å²) in [7, 11) is 0. The highest BCUT2D eigenvalue weighted by Crippen LogP contribution is 2.19. The number of carbonyl (C=O) groups is 1. The predicted molar refractivity (Wildman–Crippen MR) is 70.1 cm³/mol. The van der Waals surface area contributed by atoms with Crippen LogP contribution in [0.5, 0.6) is 0 Å². The maximum Gasteiger partial charge on any atom is 0.127 e. The first-order valence-electron chi connectivity index (χ1n) is 5.85. The topological polar surface area (TPSA) is 17.1 Å². The van der Waals surface area contributed by atoms with Gasteiger partial charge in [0.2, 0.25) is 0 Å². The Morgan fingerprint density at radius 3 is 2.47 bits per heavy atom. The largest absolute Gasteiger partial charge is 0.303 e. The number of benzene rings is 2. The molecule has 0 amide bonds. The minimum atomic E-state index is -0.0442. The number of hydrogen-bond acceptors (Lipinski definition) is 1. The van der Waals surface area contributed by atoms with Crippen molar-refractivity contribution in [2.45, 2.75) is 19.3 Å². The number of aldehydes is 1. The van der Waals surface area contributed by atoms with Crippen LogP contribution < -0.4 is 0 Å². The first-order chi connectivity index (χ1) is 8.29. The van der Waals surface area contributed by atoms with E-state index >= 15 is 0 Å². The van der Waals surface area contributed by atoms with Crippen LogP contribution in [0.25, 0.3) is 0 Å². The number of carbonyl (C=O) groups excluding carboxylic acids is 1. The molecule has 0 N–H and O–H groups in total. The molecule has 1 atom stereocenters. The van der Waals surface area contributed by atoms with Crippen LogP contribution in [0.15, 0.2) is 54.6 Å². The van der Waals surface area contributed by atoms with E-state index in [-0.39, 0.29) is 5.92 Å². The summed E-state index contributed by atoms with van der Waals surface area (Å²) in [4.78, 5) is 11.2. The quantitative estimate of drug-likeness (QED) is 0.726. The Bertz CT molecular complexity index is 488. The van der Waals surface area contributed by atoms with Gasteiger partial charge in [0.05, 0.1) is 0 Å². The van der Waals surface area contributed by atoms with Crippen LogP contribution in [0.3, 0.4) is 0 Å².